The van der Waals surface area contributed by atoms with Crippen molar-refractivity contribution in [3.05, 3.63) is 18.3 Å². The summed E-state index contributed by atoms with van der Waals surface area (Å²) in [6, 6.07) is 3.85. The van der Waals surface area contributed by atoms with Gasteiger partial charge in [-0.2, -0.15) is 5.10 Å². The Labute approximate surface area is 106 Å². The highest BCUT2D eigenvalue weighted by Gasteiger charge is 2.52. The van der Waals surface area contributed by atoms with Gasteiger partial charge in [-0.05, 0) is 39.8 Å². The molecule has 2 aromatic heterocycles. The third-order valence-electron chi connectivity index (χ3n) is 3.81. The standard InChI is InChI=1S/C12H16BN3O2/c1-11(2)12(3,4)18-13(17-11)10-6-5-8-9(15-10)7-14-16-8/h5-7H,1-4H3,(H,14,16). The van der Waals surface area contributed by atoms with Gasteiger partial charge in [0, 0.05) is 0 Å². The van der Waals surface area contributed by atoms with Gasteiger partial charge in [0.1, 0.15) is 5.52 Å². The smallest absolute Gasteiger partial charge is 0.398 e. The van der Waals surface area contributed by atoms with Gasteiger partial charge in [0.15, 0.2) is 0 Å². The summed E-state index contributed by atoms with van der Waals surface area (Å²) in [7, 11) is -0.422. The van der Waals surface area contributed by atoms with Gasteiger partial charge < -0.3 is 9.31 Å². The summed E-state index contributed by atoms with van der Waals surface area (Å²) >= 11 is 0. The summed E-state index contributed by atoms with van der Waals surface area (Å²) in [6.07, 6.45) is 1.70. The van der Waals surface area contributed by atoms with Crippen molar-refractivity contribution in [2.24, 2.45) is 0 Å². The fraction of sp³-hybridized carbons (Fsp3) is 0.500. The number of H-pyrrole nitrogens is 1. The van der Waals surface area contributed by atoms with Crippen LogP contribution in [0.5, 0.6) is 0 Å². The number of fused-ring (bicyclic) bond motifs is 1. The topological polar surface area (TPSA) is 60.0 Å². The third-order valence-corrected chi connectivity index (χ3v) is 3.81. The zero-order valence-electron chi connectivity index (χ0n) is 11.0. The van der Waals surface area contributed by atoms with Gasteiger partial charge in [0.25, 0.3) is 0 Å². The van der Waals surface area contributed by atoms with Crippen LogP contribution in [0.3, 0.4) is 0 Å². The first-order valence-corrected chi connectivity index (χ1v) is 6.05. The molecule has 1 fully saturated rings. The van der Waals surface area contributed by atoms with Gasteiger partial charge >= 0.3 is 7.12 Å². The van der Waals surface area contributed by atoms with Crippen LogP contribution in [0.4, 0.5) is 0 Å². The summed E-state index contributed by atoms with van der Waals surface area (Å²) in [5.41, 5.74) is 1.83. The minimum absolute atomic E-state index is 0.343. The van der Waals surface area contributed by atoms with Crippen LogP contribution in [0.2, 0.25) is 0 Å². The van der Waals surface area contributed by atoms with Crippen molar-refractivity contribution in [2.75, 3.05) is 0 Å². The molecular formula is C12H16BN3O2. The summed E-state index contributed by atoms with van der Waals surface area (Å²) < 4.78 is 11.9. The normalized spacial score (nSPS) is 21.7. The summed E-state index contributed by atoms with van der Waals surface area (Å²) in [4.78, 5) is 4.50. The molecule has 6 heteroatoms. The van der Waals surface area contributed by atoms with Crippen LogP contribution in [0.1, 0.15) is 27.7 Å². The highest BCUT2D eigenvalue weighted by atomic mass is 16.7. The van der Waals surface area contributed by atoms with Crippen molar-refractivity contribution in [3.8, 4) is 0 Å². The van der Waals surface area contributed by atoms with Gasteiger partial charge in [-0.15, -0.1) is 0 Å². The molecule has 3 rings (SSSR count). The van der Waals surface area contributed by atoms with Crippen LogP contribution in [0.15, 0.2) is 18.3 Å². The first-order valence-electron chi connectivity index (χ1n) is 6.05. The van der Waals surface area contributed by atoms with Crippen LogP contribution in [0.25, 0.3) is 11.0 Å². The molecule has 0 radical (unpaired) electrons. The molecule has 0 bridgehead atoms. The number of hydrogen-bond acceptors (Lipinski definition) is 4. The molecule has 5 nitrogen and oxygen atoms in total. The van der Waals surface area contributed by atoms with Gasteiger partial charge in [0.2, 0.25) is 0 Å². The van der Waals surface area contributed by atoms with E-state index in [9.17, 15) is 0 Å². The number of nitrogens with zero attached hydrogens (tertiary/aromatic N) is 2. The molecule has 0 atom stereocenters. The van der Waals surface area contributed by atoms with E-state index < -0.39 is 7.12 Å². The second-order valence-electron chi connectivity index (χ2n) is 5.63. The average Bonchev–Trinajstić information content (AvgIpc) is 2.80. The minimum atomic E-state index is -0.422. The number of pyridine rings is 1. The Balaban J connectivity index is 1.96. The molecule has 1 N–H and O–H groups in total. The van der Waals surface area contributed by atoms with E-state index in [-0.39, 0.29) is 11.2 Å². The Morgan fingerprint density at radius 2 is 1.78 bits per heavy atom. The van der Waals surface area contributed by atoms with E-state index in [0.29, 0.717) is 0 Å². The largest absolute Gasteiger partial charge is 0.514 e. The second-order valence-corrected chi connectivity index (χ2v) is 5.63. The third kappa shape index (κ3) is 1.64. The first-order chi connectivity index (χ1) is 8.39. The fourth-order valence-corrected chi connectivity index (χ4v) is 1.94. The van der Waals surface area contributed by atoms with Gasteiger partial charge in [-0.25, -0.2) is 0 Å². The molecule has 18 heavy (non-hydrogen) atoms. The van der Waals surface area contributed by atoms with Gasteiger partial charge in [-0.3, -0.25) is 10.1 Å². The Kier molecular flexibility index (Phi) is 2.31. The van der Waals surface area contributed by atoms with E-state index in [1.54, 1.807) is 6.20 Å². The summed E-state index contributed by atoms with van der Waals surface area (Å²) in [6.45, 7) is 8.12. The second kappa shape index (κ2) is 3.55. The lowest BCUT2D eigenvalue weighted by molar-refractivity contribution is 0.00578. The predicted molar refractivity (Wildman–Crippen MR) is 69.6 cm³/mol. The lowest BCUT2D eigenvalue weighted by Gasteiger charge is -2.32. The van der Waals surface area contributed by atoms with Crippen molar-refractivity contribution in [3.63, 3.8) is 0 Å². The van der Waals surface area contributed by atoms with E-state index in [2.05, 4.69) is 15.2 Å². The highest BCUT2D eigenvalue weighted by molar-refractivity contribution is 6.61. The molecule has 0 unspecified atom stereocenters. The molecule has 0 spiro atoms. The van der Waals surface area contributed by atoms with E-state index in [4.69, 9.17) is 9.31 Å². The van der Waals surface area contributed by atoms with Crippen molar-refractivity contribution in [1.29, 1.82) is 0 Å². The molecule has 0 aromatic carbocycles. The maximum atomic E-state index is 5.96. The molecule has 1 aliphatic rings. The fourth-order valence-electron chi connectivity index (χ4n) is 1.94. The Morgan fingerprint density at radius 1 is 1.11 bits per heavy atom. The SMILES string of the molecule is CC1(C)OB(c2ccc3[nH]ncc3n2)OC1(C)C. The molecule has 1 saturated heterocycles. The van der Waals surface area contributed by atoms with Gasteiger partial charge in [0.05, 0.1) is 28.5 Å². The maximum Gasteiger partial charge on any atom is 0.514 e. The highest BCUT2D eigenvalue weighted by Crippen LogP contribution is 2.36. The van der Waals surface area contributed by atoms with Crippen LogP contribution in [-0.4, -0.2) is 33.5 Å². The Bertz CT molecular complexity index is 578. The van der Waals surface area contributed by atoms with Crippen molar-refractivity contribution in [2.45, 2.75) is 38.9 Å². The molecule has 0 aliphatic carbocycles. The van der Waals surface area contributed by atoms with Crippen molar-refractivity contribution < 1.29 is 9.31 Å². The van der Waals surface area contributed by atoms with Crippen molar-refractivity contribution >= 4 is 23.7 Å². The number of nitrogens with one attached hydrogen (secondary N) is 1. The molecular weight excluding hydrogens is 229 g/mol. The monoisotopic (exact) mass is 245 g/mol. The van der Waals surface area contributed by atoms with Crippen LogP contribution < -0.4 is 5.59 Å². The summed E-state index contributed by atoms with van der Waals surface area (Å²) in [5.74, 6) is 0. The van der Waals surface area contributed by atoms with E-state index in [0.717, 1.165) is 16.6 Å². The molecule has 1 aliphatic heterocycles. The van der Waals surface area contributed by atoms with Crippen LogP contribution in [-0.2, 0) is 9.31 Å². The van der Waals surface area contributed by atoms with E-state index in [1.165, 1.54) is 0 Å². The number of hydrogen-bond donors (Lipinski definition) is 1. The minimum Gasteiger partial charge on any atom is -0.398 e. The predicted octanol–water partition coefficient (Wildman–Crippen LogP) is 1.26. The maximum absolute atomic E-state index is 5.96. The molecule has 94 valence electrons. The van der Waals surface area contributed by atoms with E-state index in [1.807, 2.05) is 39.8 Å². The quantitative estimate of drug-likeness (QED) is 0.768. The molecule has 0 saturated carbocycles. The summed E-state index contributed by atoms with van der Waals surface area (Å²) in [5, 5.41) is 6.83. The lowest BCUT2D eigenvalue weighted by atomic mass is 9.84. The average molecular weight is 245 g/mol. The molecule has 0 amide bonds. The van der Waals surface area contributed by atoms with Gasteiger partial charge in [-0.1, -0.05) is 0 Å². The molecule has 2 aromatic rings. The lowest BCUT2D eigenvalue weighted by Crippen LogP contribution is -2.41. The molecule has 3 heterocycles. The number of aromatic nitrogens is 3. The van der Waals surface area contributed by atoms with E-state index >= 15 is 0 Å². The van der Waals surface area contributed by atoms with Crippen LogP contribution in [0, 0.1) is 0 Å². The zero-order chi connectivity index (χ0) is 13.0. The Morgan fingerprint density at radius 3 is 2.44 bits per heavy atom. The number of aromatic amines is 1. The first kappa shape index (κ1) is 11.7. The van der Waals surface area contributed by atoms with Crippen LogP contribution >= 0.6 is 0 Å². The number of rotatable bonds is 1. The zero-order valence-corrected chi connectivity index (χ0v) is 11.0. The Hall–Kier alpha value is -1.40. The van der Waals surface area contributed by atoms with Crippen molar-refractivity contribution in [1.82, 2.24) is 15.2 Å².